The van der Waals surface area contributed by atoms with Gasteiger partial charge in [0.15, 0.2) is 0 Å². The molecule has 1 heterocycles. The van der Waals surface area contributed by atoms with Crippen LogP contribution < -0.4 is 11.1 Å². The number of alkyl carbamates (subject to hydrolysis) is 1. The maximum atomic E-state index is 13.1. The summed E-state index contributed by atoms with van der Waals surface area (Å²) in [4.78, 5) is 11.9. The minimum Gasteiger partial charge on any atom is -0.444 e. The highest BCUT2D eigenvalue weighted by molar-refractivity contribution is 5.70. The van der Waals surface area contributed by atoms with E-state index in [9.17, 15) is 9.18 Å². The Kier molecular flexibility index (Phi) is 5.00. The number of aromatic amines is 1. The Bertz CT molecular complexity index is 661. The molecule has 1 amide bonds. The number of ether oxygens (including phenoxy) is 1. The maximum Gasteiger partial charge on any atom is 0.408 e. The number of aromatic nitrogens is 2. The van der Waals surface area contributed by atoms with Crippen molar-refractivity contribution in [2.45, 2.75) is 32.4 Å². The number of carbonyl (C=O) groups excluding carboxylic acids is 1. The summed E-state index contributed by atoms with van der Waals surface area (Å²) in [5.74, 6) is -0.322. The molecular weight excluding hydrogens is 299 g/mol. The molecule has 0 saturated carbocycles. The lowest BCUT2D eigenvalue weighted by atomic mass is 10.0. The summed E-state index contributed by atoms with van der Waals surface area (Å²) < 4.78 is 18.3. The molecule has 1 aromatic heterocycles. The Hall–Kier alpha value is -2.41. The molecule has 1 aromatic carbocycles. The number of benzene rings is 1. The minimum absolute atomic E-state index is 0.174. The average molecular weight is 320 g/mol. The predicted octanol–water partition coefficient (Wildman–Crippen LogP) is 2.74. The second-order valence-corrected chi connectivity index (χ2v) is 6.14. The highest BCUT2D eigenvalue weighted by Crippen LogP contribution is 2.26. The van der Waals surface area contributed by atoms with Gasteiger partial charge in [-0.3, -0.25) is 5.10 Å². The van der Waals surface area contributed by atoms with E-state index in [0.717, 1.165) is 5.56 Å². The van der Waals surface area contributed by atoms with E-state index >= 15 is 0 Å². The topological polar surface area (TPSA) is 93.0 Å². The Morgan fingerprint density at radius 3 is 2.61 bits per heavy atom. The standard InChI is InChI=1S/C16H21FN4O2/c1-16(2,3)23-15(22)20-13(8-18)12-9-19-21-14(12)10-4-6-11(17)7-5-10/h4-7,9,13H,8,18H2,1-3H3,(H,19,21)(H,20,22). The predicted molar refractivity (Wildman–Crippen MR) is 85.1 cm³/mol. The van der Waals surface area contributed by atoms with Gasteiger partial charge in [0.05, 0.1) is 17.9 Å². The Morgan fingerprint density at radius 2 is 2.04 bits per heavy atom. The van der Waals surface area contributed by atoms with Crippen molar-refractivity contribution in [1.29, 1.82) is 0 Å². The van der Waals surface area contributed by atoms with Crippen LogP contribution >= 0.6 is 0 Å². The van der Waals surface area contributed by atoms with Crippen LogP contribution in [0.15, 0.2) is 30.5 Å². The fraction of sp³-hybridized carbons (Fsp3) is 0.375. The van der Waals surface area contributed by atoms with E-state index in [1.165, 1.54) is 12.1 Å². The molecule has 0 saturated heterocycles. The highest BCUT2D eigenvalue weighted by Gasteiger charge is 2.22. The first-order valence-corrected chi connectivity index (χ1v) is 7.29. The number of nitrogens with one attached hydrogen (secondary N) is 2. The fourth-order valence-corrected chi connectivity index (χ4v) is 2.12. The van der Waals surface area contributed by atoms with Gasteiger partial charge in [-0.25, -0.2) is 9.18 Å². The van der Waals surface area contributed by atoms with Crippen molar-refractivity contribution in [3.05, 3.63) is 41.8 Å². The monoisotopic (exact) mass is 320 g/mol. The van der Waals surface area contributed by atoms with Crippen molar-refractivity contribution < 1.29 is 13.9 Å². The Labute approximate surface area is 134 Å². The number of nitrogens with zero attached hydrogens (tertiary/aromatic N) is 1. The van der Waals surface area contributed by atoms with Gasteiger partial charge < -0.3 is 15.8 Å². The molecule has 0 bridgehead atoms. The molecule has 0 fully saturated rings. The Balaban J connectivity index is 2.21. The number of carbonyl (C=O) groups is 1. The van der Waals surface area contributed by atoms with Crippen molar-refractivity contribution >= 4 is 6.09 Å². The molecule has 7 heteroatoms. The van der Waals surface area contributed by atoms with E-state index in [2.05, 4.69) is 15.5 Å². The zero-order valence-electron chi connectivity index (χ0n) is 13.4. The smallest absolute Gasteiger partial charge is 0.408 e. The second-order valence-electron chi connectivity index (χ2n) is 6.14. The number of rotatable bonds is 4. The van der Waals surface area contributed by atoms with Crippen molar-refractivity contribution in [3.8, 4) is 11.3 Å². The molecule has 0 aliphatic carbocycles. The van der Waals surface area contributed by atoms with Gasteiger partial charge in [0.1, 0.15) is 11.4 Å². The normalized spacial score (nSPS) is 12.7. The van der Waals surface area contributed by atoms with Crippen LogP contribution in [0.2, 0.25) is 0 Å². The summed E-state index contributed by atoms with van der Waals surface area (Å²) >= 11 is 0. The van der Waals surface area contributed by atoms with E-state index in [1.807, 2.05) is 0 Å². The quantitative estimate of drug-likeness (QED) is 0.807. The minimum atomic E-state index is -0.598. The third-order valence-corrected chi connectivity index (χ3v) is 3.10. The van der Waals surface area contributed by atoms with E-state index in [0.29, 0.717) is 11.3 Å². The first-order chi connectivity index (χ1) is 10.8. The van der Waals surface area contributed by atoms with Crippen molar-refractivity contribution in [2.24, 2.45) is 5.73 Å². The van der Waals surface area contributed by atoms with Gasteiger partial charge in [0, 0.05) is 17.7 Å². The largest absolute Gasteiger partial charge is 0.444 e. The highest BCUT2D eigenvalue weighted by atomic mass is 19.1. The first-order valence-electron chi connectivity index (χ1n) is 7.29. The van der Waals surface area contributed by atoms with Gasteiger partial charge in [-0.2, -0.15) is 5.10 Å². The molecule has 0 aliphatic heterocycles. The number of nitrogens with two attached hydrogens (primary N) is 1. The molecule has 2 aromatic rings. The van der Waals surface area contributed by atoms with Crippen LogP contribution in [0, 0.1) is 5.82 Å². The number of halogens is 1. The molecule has 1 unspecified atom stereocenters. The molecule has 124 valence electrons. The SMILES string of the molecule is CC(C)(C)OC(=O)NC(CN)c1cn[nH]c1-c1ccc(F)cc1. The Morgan fingerprint density at radius 1 is 1.39 bits per heavy atom. The zero-order valence-corrected chi connectivity index (χ0v) is 13.4. The summed E-state index contributed by atoms with van der Waals surface area (Å²) in [6, 6.07) is 5.52. The molecule has 0 spiro atoms. The number of hydrogen-bond acceptors (Lipinski definition) is 4. The second kappa shape index (κ2) is 6.78. The van der Waals surface area contributed by atoms with Crippen LogP contribution in [0.1, 0.15) is 32.4 Å². The van der Waals surface area contributed by atoms with E-state index < -0.39 is 17.7 Å². The van der Waals surface area contributed by atoms with Gasteiger partial charge in [0.25, 0.3) is 0 Å². The van der Waals surface area contributed by atoms with Gasteiger partial charge in [0.2, 0.25) is 0 Å². The van der Waals surface area contributed by atoms with Crippen LogP contribution in [0.5, 0.6) is 0 Å². The first kappa shape index (κ1) is 17.0. The van der Waals surface area contributed by atoms with Gasteiger partial charge >= 0.3 is 6.09 Å². The molecule has 1 atom stereocenters. The molecule has 0 radical (unpaired) electrons. The van der Waals surface area contributed by atoms with Crippen molar-refractivity contribution in [1.82, 2.24) is 15.5 Å². The molecule has 4 N–H and O–H groups in total. The summed E-state index contributed by atoms with van der Waals surface area (Å²) in [6.07, 6.45) is 1.03. The molecule has 6 nitrogen and oxygen atoms in total. The lowest BCUT2D eigenvalue weighted by Gasteiger charge is -2.23. The van der Waals surface area contributed by atoms with Crippen LogP contribution in [-0.2, 0) is 4.74 Å². The lowest BCUT2D eigenvalue weighted by Crippen LogP contribution is -2.37. The van der Waals surface area contributed by atoms with Crippen molar-refractivity contribution in [3.63, 3.8) is 0 Å². The number of amides is 1. The van der Waals surface area contributed by atoms with Gasteiger partial charge in [-0.15, -0.1) is 0 Å². The summed E-state index contributed by atoms with van der Waals surface area (Å²) in [7, 11) is 0. The summed E-state index contributed by atoms with van der Waals surface area (Å²) in [5.41, 5.74) is 7.32. The van der Waals surface area contributed by atoms with Crippen LogP contribution in [-0.4, -0.2) is 28.4 Å². The summed E-state index contributed by atoms with van der Waals surface area (Å²) in [5, 5.41) is 9.59. The van der Waals surface area contributed by atoms with E-state index in [-0.39, 0.29) is 12.4 Å². The van der Waals surface area contributed by atoms with Crippen molar-refractivity contribution in [2.75, 3.05) is 6.54 Å². The molecule has 23 heavy (non-hydrogen) atoms. The summed E-state index contributed by atoms with van der Waals surface area (Å²) in [6.45, 7) is 5.52. The third kappa shape index (κ3) is 4.53. The van der Waals surface area contributed by atoms with Crippen LogP contribution in [0.4, 0.5) is 9.18 Å². The molecular formula is C16H21FN4O2. The van der Waals surface area contributed by atoms with Gasteiger partial charge in [-0.1, -0.05) is 0 Å². The zero-order chi connectivity index (χ0) is 17.0. The van der Waals surface area contributed by atoms with Gasteiger partial charge in [-0.05, 0) is 45.0 Å². The molecule has 0 aliphatic rings. The average Bonchev–Trinajstić information content (AvgIpc) is 2.93. The van der Waals surface area contributed by atoms with E-state index in [1.54, 1.807) is 39.1 Å². The lowest BCUT2D eigenvalue weighted by molar-refractivity contribution is 0.0505. The van der Waals surface area contributed by atoms with E-state index in [4.69, 9.17) is 10.5 Å². The van der Waals surface area contributed by atoms with Crippen LogP contribution in [0.3, 0.4) is 0 Å². The molecule has 2 rings (SSSR count). The maximum absolute atomic E-state index is 13.1. The van der Waals surface area contributed by atoms with Crippen LogP contribution in [0.25, 0.3) is 11.3 Å². The number of H-pyrrole nitrogens is 1. The fourth-order valence-electron chi connectivity index (χ4n) is 2.12. The number of hydrogen-bond donors (Lipinski definition) is 3. The third-order valence-electron chi connectivity index (χ3n) is 3.10.